The third-order valence-electron chi connectivity index (χ3n) is 4.47. The Bertz CT molecular complexity index is 1210. The van der Waals surface area contributed by atoms with Gasteiger partial charge >= 0.3 is 5.82 Å². The van der Waals surface area contributed by atoms with Crippen molar-refractivity contribution in [3.8, 4) is 0 Å². The standard InChI is InChI=1S/C18H16BrN7O4S/c1-2-23-7-11(6-20-23)8-25-17(27)15(21-18(25)31)5-12-3-4-13(30-12)9-24-10-14(19)16(22-24)26(28)29/h3-7,10H,2,8-9H2,1H3,(H,21,31)/b15-5+. The third-order valence-corrected chi connectivity index (χ3v) is 5.35. The molecular formula is C18H16BrN7O4S. The minimum atomic E-state index is -0.572. The van der Waals surface area contributed by atoms with Crippen molar-refractivity contribution in [1.29, 1.82) is 0 Å². The lowest BCUT2D eigenvalue weighted by atomic mass is 10.3. The van der Waals surface area contributed by atoms with E-state index in [0.29, 0.717) is 28.9 Å². The number of amides is 1. The smallest absolute Gasteiger partial charge is 0.404 e. The predicted octanol–water partition coefficient (Wildman–Crippen LogP) is 2.67. The molecule has 3 aromatic rings. The maximum atomic E-state index is 12.8. The topological polar surface area (TPSA) is 124 Å². The number of aromatic nitrogens is 4. The van der Waals surface area contributed by atoms with Crippen molar-refractivity contribution in [2.45, 2.75) is 26.6 Å². The molecule has 1 N–H and O–H groups in total. The van der Waals surface area contributed by atoms with Gasteiger partial charge in [-0.25, -0.2) is 0 Å². The van der Waals surface area contributed by atoms with Crippen LogP contribution in [0.2, 0.25) is 0 Å². The fourth-order valence-electron chi connectivity index (χ4n) is 3.01. The molecule has 1 fully saturated rings. The average molecular weight is 506 g/mol. The second-order valence-electron chi connectivity index (χ2n) is 6.64. The summed E-state index contributed by atoms with van der Waals surface area (Å²) in [7, 11) is 0. The third kappa shape index (κ3) is 4.41. The lowest BCUT2D eigenvalue weighted by Crippen LogP contribution is -2.29. The minimum Gasteiger partial charge on any atom is -0.460 e. The minimum absolute atomic E-state index is 0.197. The van der Waals surface area contributed by atoms with Crippen LogP contribution in [0.5, 0.6) is 0 Å². The van der Waals surface area contributed by atoms with Crippen LogP contribution in [0.4, 0.5) is 5.82 Å². The van der Waals surface area contributed by atoms with Crippen LogP contribution in [-0.4, -0.2) is 40.4 Å². The average Bonchev–Trinajstić information content (AvgIpc) is 3.48. The van der Waals surface area contributed by atoms with E-state index in [1.807, 2.05) is 13.1 Å². The largest absolute Gasteiger partial charge is 0.460 e. The molecule has 11 nitrogen and oxygen atoms in total. The van der Waals surface area contributed by atoms with Crippen molar-refractivity contribution in [3.63, 3.8) is 0 Å². The van der Waals surface area contributed by atoms with Gasteiger partial charge in [0.2, 0.25) is 0 Å². The van der Waals surface area contributed by atoms with Gasteiger partial charge in [0.1, 0.15) is 28.2 Å². The van der Waals surface area contributed by atoms with Gasteiger partial charge in [-0.2, -0.15) is 9.78 Å². The maximum absolute atomic E-state index is 12.8. The fourth-order valence-corrected chi connectivity index (χ4v) is 3.73. The van der Waals surface area contributed by atoms with Gasteiger partial charge < -0.3 is 19.8 Å². The van der Waals surface area contributed by atoms with E-state index in [9.17, 15) is 14.9 Å². The first-order valence-electron chi connectivity index (χ1n) is 9.16. The lowest BCUT2D eigenvalue weighted by Gasteiger charge is -2.12. The molecule has 0 saturated carbocycles. The molecule has 1 amide bonds. The van der Waals surface area contributed by atoms with E-state index in [1.54, 1.807) is 29.1 Å². The van der Waals surface area contributed by atoms with E-state index in [4.69, 9.17) is 16.6 Å². The molecule has 1 aliphatic heterocycles. The number of halogens is 1. The van der Waals surface area contributed by atoms with Gasteiger partial charge in [0.25, 0.3) is 5.91 Å². The normalized spacial score (nSPS) is 15.2. The van der Waals surface area contributed by atoms with E-state index in [2.05, 4.69) is 31.4 Å². The molecule has 4 heterocycles. The van der Waals surface area contributed by atoms with Crippen LogP contribution in [-0.2, 0) is 24.4 Å². The van der Waals surface area contributed by atoms with Crippen LogP contribution in [0.15, 0.2) is 45.3 Å². The number of carbonyl (C=O) groups is 1. The summed E-state index contributed by atoms with van der Waals surface area (Å²) in [5.41, 5.74) is 1.17. The molecule has 0 bridgehead atoms. The Morgan fingerprint density at radius 3 is 2.81 bits per heavy atom. The summed E-state index contributed by atoms with van der Waals surface area (Å²) in [4.78, 5) is 24.6. The zero-order valence-corrected chi connectivity index (χ0v) is 18.6. The molecule has 13 heteroatoms. The number of hydrogen-bond acceptors (Lipinski definition) is 7. The number of aryl methyl sites for hydroxylation is 1. The molecule has 31 heavy (non-hydrogen) atoms. The second-order valence-corrected chi connectivity index (χ2v) is 7.88. The number of nitro groups is 1. The SMILES string of the molecule is CCn1cc(CN2C(=O)/C(=C\c3ccc(Cn4cc(Br)c([N+](=O)[O-])n4)o3)NC2=S)cn1. The first kappa shape index (κ1) is 20.9. The van der Waals surface area contributed by atoms with Crippen molar-refractivity contribution in [2.24, 2.45) is 0 Å². The van der Waals surface area contributed by atoms with Gasteiger partial charge in [0.05, 0.1) is 24.0 Å². The van der Waals surface area contributed by atoms with Gasteiger partial charge in [-0.1, -0.05) is 0 Å². The Balaban J connectivity index is 1.46. The molecule has 0 unspecified atom stereocenters. The summed E-state index contributed by atoms with van der Waals surface area (Å²) in [6, 6.07) is 3.41. The molecule has 1 aliphatic rings. The number of carbonyl (C=O) groups excluding carboxylic acids is 1. The first-order valence-corrected chi connectivity index (χ1v) is 10.4. The van der Waals surface area contributed by atoms with Gasteiger partial charge in [-0.15, -0.1) is 0 Å². The van der Waals surface area contributed by atoms with E-state index in [-0.39, 0.29) is 22.7 Å². The van der Waals surface area contributed by atoms with Crippen LogP contribution in [0.3, 0.4) is 0 Å². The Hall–Kier alpha value is -3.32. The molecular weight excluding hydrogens is 490 g/mol. The monoisotopic (exact) mass is 505 g/mol. The Morgan fingerprint density at radius 2 is 2.13 bits per heavy atom. The van der Waals surface area contributed by atoms with Crippen LogP contribution in [0, 0.1) is 10.1 Å². The molecule has 4 rings (SSSR count). The van der Waals surface area contributed by atoms with Gasteiger partial charge in [-0.3, -0.25) is 14.4 Å². The molecule has 0 atom stereocenters. The number of rotatable bonds is 7. The summed E-state index contributed by atoms with van der Waals surface area (Å²) >= 11 is 8.41. The molecule has 0 aliphatic carbocycles. The van der Waals surface area contributed by atoms with Crippen molar-refractivity contribution in [1.82, 2.24) is 29.8 Å². The Morgan fingerprint density at radius 1 is 1.32 bits per heavy atom. The lowest BCUT2D eigenvalue weighted by molar-refractivity contribution is -0.390. The van der Waals surface area contributed by atoms with Crippen molar-refractivity contribution < 1.29 is 14.1 Å². The number of nitrogens with zero attached hydrogens (tertiary/aromatic N) is 6. The number of hydrogen-bond donors (Lipinski definition) is 1. The van der Waals surface area contributed by atoms with E-state index in [0.717, 1.165) is 12.1 Å². The molecule has 0 spiro atoms. The predicted molar refractivity (Wildman–Crippen MR) is 117 cm³/mol. The number of thiocarbonyl (C=S) groups is 1. The molecule has 160 valence electrons. The van der Waals surface area contributed by atoms with Crippen LogP contribution in [0.25, 0.3) is 6.08 Å². The summed E-state index contributed by atoms with van der Waals surface area (Å²) in [6.07, 6.45) is 6.64. The van der Waals surface area contributed by atoms with Crippen LogP contribution >= 0.6 is 28.1 Å². The highest BCUT2D eigenvalue weighted by atomic mass is 79.9. The molecule has 0 aromatic carbocycles. The first-order chi connectivity index (χ1) is 14.8. The highest BCUT2D eigenvalue weighted by Crippen LogP contribution is 2.23. The quantitative estimate of drug-likeness (QED) is 0.225. The Kier molecular flexibility index (Phi) is 5.69. The van der Waals surface area contributed by atoms with E-state index in [1.165, 1.54) is 15.8 Å². The van der Waals surface area contributed by atoms with E-state index < -0.39 is 4.92 Å². The maximum Gasteiger partial charge on any atom is 0.404 e. The Labute approximate surface area is 189 Å². The van der Waals surface area contributed by atoms with Gasteiger partial charge in [0, 0.05) is 24.4 Å². The van der Waals surface area contributed by atoms with E-state index >= 15 is 0 Å². The molecule has 3 aromatic heterocycles. The summed E-state index contributed by atoms with van der Waals surface area (Å²) in [5, 5.41) is 22.2. The zero-order valence-electron chi connectivity index (χ0n) is 16.2. The summed E-state index contributed by atoms with van der Waals surface area (Å²) in [5.74, 6) is 0.426. The van der Waals surface area contributed by atoms with Crippen LogP contribution < -0.4 is 5.32 Å². The van der Waals surface area contributed by atoms with Crippen molar-refractivity contribution in [2.75, 3.05) is 0 Å². The second kappa shape index (κ2) is 8.43. The molecule has 0 radical (unpaired) electrons. The van der Waals surface area contributed by atoms with Gasteiger partial charge in [0.15, 0.2) is 5.11 Å². The fraction of sp³-hybridized carbons (Fsp3) is 0.222. The summed E-state index contributed by atoms with van der Waals surface area (Å²) < 4.78 is 9.18. The van der Waals surface area contributed by atoms with Crippen LogP contribution in [0.1, 0.15) is 24.0 Å². The van der Waals surface area contributed by atoms with Gasteiger partial charge in [-0.05, 0) is 52.1 Å². The number of nitrogens with one attached hydrogen (secondary N) is 1. The van der Waals surface area contributed by atoms with Crippen molar-refractivity contribution in [3.05, 3.63) is 68.1 Å². The highest BCUT2D eigenvalue weighted by molar-refractivity contribution is 9.10. The summed E-state index contributed by atoms with van der Waals surface area (Å²) in [6.45, 7) is 3.24. The zero-order chi connectivity index (χ0) is 22.1. The van der Waals surface area contributed by atoms with Crippen molar-refractivity contribution >= 4 is 51.1 Å². The number of furan rings is 1. The molecule has 1 saturated heterocycles. The highest BCUT2D eigenvalue weighted by Gasteiger charge is 2.31.